The van der Waals surface area contributed by atoms with Crippen LogP contribution >= 0.6 is 11.6 Å². The average molecular weight is 241 g/mol. The van der Waals surface area contributed by atoms with Gasteiger partial charge in [-0.3, -0.25) is 0 Å². The van der Waals surface area contributed by atoms with E-state index in [0.717, 1.165) is 5.56 Å². The number of aryl methyl sites for hydroxylation is 1. The lowest BCUT2D eigenvalue weighted by Gasteiger charge is -2.06. The highest BCUT2D eigenvalue weighted by atomic mass is 35.5. The summed E-state index contributed by atoms with van der Waals surface area (Å²) >= 11 is 5.91. The molecule has 1 aromatic carbocycles. The monoisotopic (exact) mass is 240 g/mol. The molecule has 1 aromatic rings. The maximum atomic E-state index is 10.5. The van der Waals surface area contributed by atoms with Crippen molar-refractivity contribution >= 4 is 17.6 Å². The first-order valence-corrected chi connectivity index (χ1v) is 5.17. The molecule has 0 aliphatic carbocycles. The zero-order valence-corrected chi connectivity index (χ0v) is 9.91. The molecule has 0 saturated carbocycles. The summed E-state index contributed by atoms with van der Waals surface area (Å²) < 4.78 is 5.37. The number of benzene rings is 1. The summed E-state index contributed by atoms with van der Waals surface area (Å²) in [6.45, 7) is 3.65. The number of hydrogen-bond acceptors (Lipinski definition) is 2. The van der Waals surface area contributed by atoms with Crippen molar-refractivity contribution in [3.05, 3.63) is 40.4 Å². The molecule has 0 aliphatic heterocycles. The van der Waals surface area contributed by atoms with Crippen molar-refractivity contribution < 1.29 is 14.6 Å². The van der Waals surface area contributed by atoms with Gasteiger partial charge in [0.25, 0.3) is 0 Å². The van der Waals surface area contributed by atoms with Crippen molar-refractivity contribution in [1.82, 2.24) is 0 Å². The van der Waals surface area contributed by atoms with Gasteiger partial charge in [-0.1, -0.05) is 17.7 Å². The predicted octanol–water partition coefficient (Wildman–Crippen LogP) is 3.06. The SMILES string of the molecule is CC(=CCOc1cc(C)ccc1Cl)C(=O)O. The van der Waals surface area contributed by atoms with E-state index in [1.165, 1.54) is 13.0 Å². The van der Waals surface area contributed by atoms with Gasteiger partial charge in [0.2, 0.25) is 0 Å². The van der Waals surface area contributed by atoms with E-state index in [0.29, 0.717) is 10.8 Å². The molecule has 86 valence electrons. The molecule has 0 fully saturated rings. The molecule has 3 nitrogen and oxygen atoms in total. The number of carboxylic acid groups (broad SMARTS) is 1. The summed E-state index contributed by atoms with van der Waals surface area (Å²) in [6.07, 6.45) is 1.50. The lowest BCUT2D eigenvalue weighted by atomic mass is 10.2. The van der Waals surface area contributed by atoms with Gasteiger partial charge in [-0.25, -0.2) is 4.79 Å². The van der Waals surface area contributed by atoms with Crippen LogP contribution in [0.25, 0.3) is 0 Å². The molecule has 0 bridgehead atoms. The first-order valence-electron chi connectivity index (χ1n) is 4.79. The van der Waals surface area contributed by atoms with Gasteiger partial charge in [0, 0.05) is 5.57 Å². The van der Waals surface area contributed by atoms with Crippen LogP contribution in [0.15, 0.2) is 29.8 Å². The molecule has 0 aliphatic rings. The maximum absolute atomic E-state index is 10.5. The Balaban J connectivity index is 2.65. The van der Waals surface area contributed by atoms with Crippen LogP contribution in [0.5, 0.6) is 5.75 Å². The Kier molecular flexibility index (Phi) is 4.38. The first kappa shape index (κ1) is 12.6. The van der Waals surface area contributed by atoms with Gasteiger partial charge in [0.05, 0.1) is 5.02 Å². The van der Waals surface area contributed by atoms with E-state index in [-0.39, 0.29) is 12.2 Å². The summed E-state index contributed by atoms with van der Waals surface area (Å²) in [7, 11) is 0. The van der Waals surface area contributed by atoms with Gasteiger partial charge in [0.1, 0.15) is 12.4 Å². The summed E-state index contributed by atoms with van der Waals surface area (Å²) in [4.78, 5) is 10.5. The molecule has 0 atom stereocenters. The summed E-state index contributed by atoms with van der Waals surface area (Å²) in [6, 6.07) is 5.44. The molecule has 1 N–H and O–H groups in total. The van der Waals surface area contributed by atoms with Crippen LogP contribution in [0.4, 0.5) is 0 Å². The number of carboxylic acids is 1. The van der Waals surface area contributed by atoms with Gasteiger partial charge in [-0.2, -0.15) is 0 Å². The minimum absolute atomic E-state index is 0.196. The molecule has 0 heterocycles. The smallest absolute Gasteiger partial charge is 0.331 e. The summed E-state index contributed by atoms with van der Waals surface area (Å²) in [5.74, 6) is -0.380. The van der Waals surface area contributed by atoms with E-state index in [2.05, 4.69) is 0 Å². The van der Waals surface area contributed by atoms with Crippen molar-refractivity contribution in [3.63, 3.8) is 0 Å². The highest BCUT2D eigenvalue weighted by Gasteiger charge is 2.02. The summed E-state index contributed by atoms with van der Waals surface area (Å²) in [5.41, 5.74) is 1.29. The van der Waals surface area contributed by atoms with Crippen molar-refractivity contribution in [2.75, 3.05) is 6.61 Å². The van der Waals surface area contributed by atoms with Gasteiger partial charge in [-0.05, 0) is 37.6 Å². The lowest BCUT2D eigenvalue weighted by molar-refractivity contribution is -0.132. The van der Waals surface area contributed by atoms with Crippen LogP contribution in [-0.4, -0.2) is 17.7 Å². The fourth-order valence-electron chi connectivity index (χ4n) is 1.06. The Labute approximate surface area is 99.3 Å². The largest absolute Gasteiger partial charge is 0.488 e. The Morgan fingerprint density at radius 2 is 2.25 bits per heavy atom. The molecule has 0 spiro atoms. The number of hydrogen-bond donors (Lipinski definition) is 1. The molecule has 0 unspecified atom stereocenters. The molecule has 1 rings (SSSR count). The fourth-order valence-corrected chi connectivity index (χ4v) is 1.24. The van der Waals surface area contributed by atoms with E-state index in [4.69, 9.17) is 21.4 Å². The van der Waals surface area contributed by atoms with E-state index < -0.39 is 5.97 Å². The Morgan fingerprint density at radius 1 is 1.56 bits per heavy atom. The van der Waals surface area contributed by atoms with Gasteiger partial charge in [-0.15, -0.1) is 0 Å². The van der Waals surface area contributed by atoms with Gasteiger partial charge < -0.3 is 9.84 Å². The second-order valence-corrected chi connectivity index (χ2v) is 3.84. The van der Waals surface area contributed by atoms with Crippen LogP contribution in [-0.2, 0) is 4.79 Å². The third kappa shape index (κ3) is 3.59. The number of aliphatic carboxylic acids is 1. The second kappa shape index (κ2) is 5.56. The first-order chi connectivity index (χ1) is 7.50. The van der Waals surface area contributed by atoms with E-state index in [1.54, 1.807) is 6.07 Å². The lowest BCUT2D eigenvalue weighted by Crippen LogP contribution is -2.01. The number of carbonyl (C=O) groups is 1. The number of ether oxygens (including phenoxy) is 1. The van der Waals surface area contributed by atoms with Crippen molar-refractivity contribution in [1.29, 1.82) is 0 Å². The van der Waals surface area contributed by atoms with Crippen molar-refractivity contribution in [3.8, 4) is 5.75 Å². The molecular weight excluding hydrogens is 228 g/mol. The third-order valence-electron chi connectivity index (χ3n) is 2.05. The van der Waals surface area contributed by atoms with Crippen LogP contribution in [0.3, 0.4) is 0 Å². The van der Waals surface area contributed by atoms with Gasteiger partial charge in [0.15, 0.2) is 0 Å². The maximum Gasteiger partial charge on any atom is 0.331 e. The Morgan fingerprint density at radius 3 is 2.88 bits per heavy atom. The van der Waals surface area contributed by atoms with E-state index in [1.807, 2.05) is 19.1 Å². The number of rotatable bonds is 4. The third-order valence-corrected chi connectivity index (χ3v) is 2.36. The summed E-state index contributed by atoms with van der Waals surface area (Å²) in [5, 5.41) is 9.15. The topological polar surface area (TPSA) is 46.5 Å². The molecule has 0 amide bonds. The predicted molar refractivity (Wildman–Crippen MR) is 63.1 cm³/mol. The highest BCUT2D eigenvalue weighted by molar-refractivity contribution is 6.32. The molecule has 4 heteroatoms. The van der Waals surface area contributed by atoms with E-state index >= 15 is 0 Å². The average Bonchev–Trinajstić information content (AvgIpc) is 2.22. The van der Waals surface area contributed by atoms with Crippen LogP contribution in [0.1, 0.15) is 12.5 Å². The van der Waals surface area contributed by atoms with E-state index in [9.17, 15) is 4.79 Å². The second-order valence-electron chi connectivity index (χ2n) is 3.44. The van der Waals surface area contributed by atoms with Gasteiger partial charge >= 0.3 is 5.97 Å². The standard InChI is InChI=1S/C12H13ClO3/c1-8-3-4-10(13)11(7-8)16-6-5-9(2)12(14)15/h3-5,7H,6H2,1-2H3,(H,14,15). The Hall–Kier alpha value is -1.48. The minimum atomic E-state index is -0.945. The molecular formula is C12H13ClO3. The van der Waals surface area contributed by atoms with Crippen molar-refractivity contribution in [2.24, 2.45) is 0 Å². The molecule has 0 aromatic heterocycles. The molecule has 0 saturated heterocycles. The number of halogens is 1. The van der Waals surface area contributed by atoms with Crippen LogP contribution < -0.4 is 4.74 Å². The van der Waals surface area contributed by atoms with Crippen molar-refractivity contribution in [2.45, 2.75) is 13.8 Å². The zero-order chi connectivity index (χ0) is 12.1. The minimum Gasteiger partial charge on any atom is -0.488 e. The zero-order valence-electron chi connectivity index (χ0n) is 9.16. The fraction of sp³-hybridized carbons (Fsp3) is 0.250. The Bertz CT molecular complexity index is 424. The molecule has 16 heavy (non-hydrogen) atoms. The van der Waals surface area contributed by atoms with Crippen LogP contribution in [0, 0.1) is 6.92 Å². The normalized spacial score (nSPS) is 11.3. The van der Waals surface area contributed by atoms with Crippen LogP contribution in [0.2, 0.25) is 5.02 Å². The molecule has 0 radical (unpaired) electrons. The quantitative estimate of drug-likeness (QED) is 0.823. The highest BCUT2D eigenvalue weighted by Crippen LogP contribution is 2.25.